The largest absolute Gasteiger partial charge is 0.456 e. The summed E-state index contributed by atoms with van der Waals surface area (Å²) in [4.78, 5) is 29.1. The zero-order chi connectivity index (χ0) is 23.5. The van der Waals surface area contributed by atoms with E-state index in [1.807, 2.05) is 18.2 Å². The fourth-order valence-corrected chi connectivity index (χ4v) is 4.67. The van der Waals surface area contributed by atoms with E-state index in [4.69, 9.17) is 4.42 Å². The van der Waals surface area contributed by atoms with Gasteiger partial charge in [0.25, 0.3) is 11.8 Å². The molecule has 9 heteroatoms. The number of furan rings is 1. The van der Waals surface area contributed by atoms with E-state index in [9.17, 15) is 14.0 Å². The molecule has 2 amide bonds. The lowest BCUT2D eigenvalue weighted by Crippen LogP contribution is -2.38. The Morgan fingerprint density at radius 2 is 1.82 bits per heavy atom. The topological polar surface area (TPSA) is 91.6 Å². The Bertz CT molecular complexity index is 1160. The van der Waals surface area contributed by atoms with E-state index in [0.717, 1.165) is 24.5 Å². The standard InChI is InChI=1S/C25H26FN5O3/c26-20-5-2-1-4-19(20)25(33)30-13-9-17(10-14-30)21-7-8-22(34-21)24(32)28-18-11-15-31(16-18)23-6-3-12-27-29-23/h1-8,12,17-18H,9-11,13-16H2,(H,28,32)/t18-/m0/s1. The summed E-state index contributed by atoms with van der Waals surface area (Å²) in [5.74, 6) is 0.934. The van der Waals surface area contributed by atoms with Crippen LogP contribution in [-0.2, 0) is 0 Å². The van der Waals surface area contributed by atoms with E-state index >= 15 is 0 Å². The fourth-order valence-electron chi connectivity index (χ4n) is 4.67. The van der Waals surface area contributed by atoms with Crippen LogP contribution in [0.1, 0.15) is 51.9 Å². The van der Waals surface area contributed by atoms with Crippen LogP contribution in [-0.4, -0.2) is 59.1 Å². The predicted molar refractivity (Wildman–Crippen MR) is 123 cm³/mol. The Kier molecular flexibility index (Phi) is 6.24. The van der Waals surface area contributed by atoms with Crippen LogP contribution < -0.4 is 10.2 Å². The molecule has 1 N–H and O–H groups in total. The van der Waals surface area contributed by atoms with Gasteiger partial charge in [-0.15, -0.1) is 5.10 Å². The normalized spacial score (nSPS) is 18.8. The Labute approximate surface area is 196 Å². The van der Waals surface area contributed by atoms with Crippen LogP contribution in [0.25, 0.3) is 0 Å². The van der Waals surface area contributed by atoms with E-state index in [2.05, 4.69) is 20.4 Å². The smallest absolute Gasteiger partial charge is 0.287 e. The van der Waals surface area contributed by atoms with Crippen LogP contribution in [0.2, 0.25) is 0 Å². The van der Waals surface area contributed by atoms with Gasteiger partial charge in [-0.1, -0.05) is 12.1 Å². The molecule has 0 bridgehead atoms. The fraction of sp³-hybridized carbons (Fsp3) is 0.360. The van der Waals surface area contributed by atoms with E-state index in [1.165, 1.54) is 12.1 Å². The molecule has 2 fully saturated rings. The third-order valence-corrected chi connectivity index (χ3v) is 6.55. The third-order valence-electron chi connectivity index (χ3n) is 6.55. The van der Waals surface area contributed by atoms with E-state index in [1.54, 1.807) is 29.3 Å². The molecule has 0 aliphatic carbocycles. The molecule has 0 radical (unpaired) electrons. The number of aromatic nitrogens is 2. The van der Waals surface area contributed by atoms with Gasteiger partial charge < -0.3 is 19.5 Å². The van der Waals surface area contributed by atoms with Crippen molar-refractivity contribution in [1.82, 2.24) is 20.4 Å². The Balaban J connectivity index is 1.14. The number of hydrogen-bond acceptors (Lipinski definition) is 6. The number of carbonyl (C=O) groups excluding carboxylic acids is 2. The minimum Gasteiger partial charge on any atom is -0.456 e. The molecule has 34 heavy (non-hydrogen) atoms. The maximum absolute atomic E-state index is 14.0. The van der Waals surface area contributed by atoms with Crippen LogP contribution in [0, 0.1) is 5.82 Å². The van der Waals surface area contributed by atoms with Crippen LogP contribution in [0.5, 0.6) is 0 Å². The minimum atomic E-state index is -0.501. The van der Waals surface area contributed by atoms with Crippen molar-refractivity contribution in [2.24, 2.45) is 0 Å². The van der Waals surface area contributed by atoms with Crippen molar-refractivity contribution in [1.29, 1.82) is 0 Å². The highest BCUT2D eigenvalue weighted by Crippen LogP contribution is 2.30. The summed E-state index contributed by atoms with van der Waals surface area (Å²) < 4.78 is 19.9. The SMILES string of the molecule is O=C(N[C@H]1CCN(c2cccnn2)C1)c1ccc(C2CCN(C(=O)c3ccccc3F)CC2)o1. The van der Waals surface area contributed by atoms with Gasteiger partial charge in [-0.25, -0.2) is 4.39 Å². The van der Waals surface area contributed by atoms with E-state index < -0.39 is 5.82 Å². The van der Waals surface area contributed by atoms with Crippen LogP contribution >= 0.6 is 0 Å². The van der Waals surface area contributed by atoms with Gasteiger partial charge in [0.2, 0.25) is 0 Å². The van der Waals surface area contributed by atoms with Crippen molar-refractivity contribution >= 4 is 17.6 Å². The summed E-state index contributed by atoms with van der Waals surface area (Å²) >= 11 is 0. The number of nitrogens with one attached hydrogen (secondary N) is 1. The number of anilines is 1. The Morgan fingerprint density at radius 3 is 2.59 bits per heavy atom. The lowest BCUT2D eigenvalue weighted by Gasteiger charge is -2.31. The molecule has 2 aromatic heterocycles. The lowest BCUT2D eigenvalue weighted by atomic mass is 9.94. The Hall–Kier alpha value is -3.75. The number of amides is 2. The lowest BCUT2D eigenvalue weighted by molar-refractivity contribution is 0.0702. The maximum atomic E-state index is 14.0. The molecule has 5 rings (SSSR count). The van der Waals surface area contributed by atoms with Crippen molar-refractivity contribution in [2.45, 2.75) is 31.2 Å². The highest BCUT2D eigenvalue weighted by atomic mass is 19.1. The number of halogens is 1. The van der Waals surface area contributed by atoms with E-state index in [-0.39, 0.29) is 35.1 Å². The molecule has 1 atom stereocenters. The first kappa shape index (κ1) is 22.1. The summed E-state index contributed by atoms with van der Waals surface area (Å²) in [5.41, 5.74) is 0.0997. The summed E-state index contributed by atoms with van der Waals surface area (Å²) in [6.07, 6.45) is 3.86. The number of rotatable bonds is 5. The zero-order valence-electron chi connectivity index (χ0n) is 18.7. The molecule has 3 aromatic rings. The molecule has 0 saturated carbocycles. The number of likely N-dealkylation sites (tertiary alicyclic amines) is 1. The first-order valence-corrected chi connectivity index (χ1v) is 11.6. The zero-order valence-corrected chi connectivity index (χ0v) is 18.7. The van der Waals surface area contributed by atoms with Gasteiger partial charge in [0.15, 0.2) is 11.6 Å². The average Bonchev–Trinajstić information content (AvgIpc) is 3.55. The van der Waals surface area contributed by atoms with Gasteiger partial charge in [0.05, 0.1) is 5.56 Å². The summed E-state index contributed by atoms with van der Waals surface area (Å²) in [6, 6.07) is 13.4. The molecule has 1 aromatic carbocycles. The van der Waals surface area contributed by atoms with Crippen molar-refractivity contribution in [3.63, 3.8) is 0 Å². The minimum absolute atomic E-state index is 0.00990. The molecular weight excluding hydrogens is 437 g/mol. The number of piperidine rings is 1. The predicted octanol–water partition coefficient (Wildman–Crippen LogP) is 3.24. The molecule has 2 aliphatic rings. The third kappa shape index (κ3) is 4.64. The molecular formula is C25H26FN5O3. The van der Waals surface area contributed by atoms with Gasteiger partial charge in [-0.05, 0) is 55.7 Å². The number of carbonyl (C=O) groups is 2. The van der Waals surface area contributed by atoms with Crippen LogP contribution in [0.3, 0.4) is 0 Å². The van der Waals surface area contributed by atoms with E-state index in [0.29, 0.717) is 32.5 Å². The van der Waals surface area contributed by atoms with Crippen molar-refractivity contribution < 1.29 is 18.4 Å². The van der Waals surface area contributed by atoms with Crippen LogP contribution in [0.15, 0.2) is 59.1 Å². The first-order valence-electron chi connectivity index (χ1n) is 11.6. The number of benzene rings is 1. The molecule has 0 spiro atoms. The summed E-state index contributed by atoms with van der Waals surface area (Å²) in [5, 5.41) is 11.1. The molecule has 176 valence electrons. The second-order valence-corrected chi connectivity index (χ2v) is 8.74. The maximum Gasteiger partial charge on any atom is 0.287 e. The number of nitrogens with zero attached hydrogens (tertiary/aromatic N) is 4. The highest BCUT2D eigenvalue weighted by molar-refractivity contribution is 5.94. The average molecular weight is 464 g/mol. The van der Waals surface area contributed by atoms with Gasteiger partial charge >= 0.3 is 0 Å². The van der Waals surface area contributed by atoms with Crippen LogP contribution in [0.4, 0.5) is 10.2 Å². The molecule has 8 nitrogen and oxygen atoms in total. The Morgan fingerprint density at radius 1 is 1.00 bits per heavy atom. The van der Waals surface area contributed by atoms with Crippen molar-refractivity contribution in [2.75, 3.05) is 31.1 Å². The quantitative estimate of drug-likeness (QED) is 0.625. The second-order valence-electron chi connectivity index (χ2n) is 8.74. The second kappa shape index (κ2) is 9.62. The van der Waals surface area contributed by atoms with Gasteiger partial charge in [0, 0.05) is 44.3 Å². The highest BCUT2D eigenvalue weighted by Gasteiger charge is 2.29. The molecule has 4 heterocycles. The van der Waals surface area contributed by atoms with Gasteiger partial charge in [0.1, 0.15) is 11.6 Å². The van der Waals surface area contributed by atoms with Gasteiger partial charge in [-0.3, -0.25) is 9.59 Å². The van der Waals surface area contributed by atoms with Crippen molar-refractivity contribution in [3.05, 3.63) is 77.6 Å². The molecule has 2 saturated heterocycles. The summed E-state index contributed by atoms with van der Waals surface area (Å²) in [7, 11) is 0. The summed E-state index contributed by atoms with van der Waals surface area (Å²) in [6.45, 7) is 2.50. The monoisotopic (exact) mass is 463 g/mol. The molecule has 2 aliphatic heterocycles. The first-order chi connectivity index (χ1) is 16.6. The van der Waals surface area contributed by atoms with Crippen molar-refractivity contribution in [3.8, 4) is 0 Å². The molecule has 0 unspecified atom stereocenters. The number of hydrogen-bond donors (Lipinski definition) is 1. The van der Waals surface area contributed by atoms with Gasteiger partial charge in [-0.2, -0.15) is 5.10 Å².